The normalized spacial score (nSPS) is 9.60. The van der Waals surface area contributed by atoms with E-state index in [4.69, 9.17) is 10.4 Å². The Morgan fingerprint density at radius 3 is 2.80 bits per heavy atom. The van der Waals surface area contributed by atoms with Gasteiger partial charge in [0.25, 0.3) is 0 Å². The third-order valence-electron chi connectivity index (χ3n) is 2.03. The van der Waals surface area contributed by atoms with Gasteiger partial charge in [0, 0.05) is 19.3 Å². The van der Waals surface area contributed by atoms with Gasteiger partial charge in [-0.05, 0) is 31.4 Å². The minimum Gasteiger partial charge on any atom is -0.396 e. The SMILES string of the molecule is N#Cc1ccc(NCCCCCO)nc1. The Morgan fingerprint density at radius 2 is 2.20 bits per heavy atom. The lowest BCUT2D eigenvalue weighted by molar-refractivity contribution is 0.283. The molecule has 1 heterocycles. The number of hydrogen-bond acceptors (Lipinski definition) is 4. The Labute approximate surface area is 89.6 Å². The van der Waals surface area contributed by atoms with Crippen LogP contribution in [0.25, 0.3) is 0 Å². The first-order chi connectivity index (χ1) is 7.36. The summed E-state index contributed by atoms with van der Waals surface area (Å²) in [6.45, 7) is 1.11. The van der Waals surface area contributed by atoms with Crippen molar-refractivity contribution >= 4 is 5.82 Å². The van der Waals surface area contributed by atoms with E-state index in [-0.39, 0.29) is 6.61 Å². The highest BCUT2D eigenvalue weighted by Crippen LogP contribution is 2.04. The molecule has 0 atom stereocenters. The fourth-order valence-electron chi connectivity index (χ4n) is 1.19. The van der Waals surface area contributed by atoms with E-state index in [0.29, 0.717) is 5.56 Å². The Hall–Kier alpha value is -1.60. The zero-order valence-corrected chi connectivity index (χ0v) is 8.61. The van der Waals surface area contributed by atoms with E-state index in [1.165, 1.54) is 0 Å². The third-order valence-corrected chi connectivity index (χ3v) is 2.03. The van der Waals surface area contributed by atoms with Crippen LogP contribution in [0.15, 0.2) is 18.3 Å². The van der Waals surface area contributed by atoms with E-state index in [9.17, 15) is 0 Å². The lowest BCUT2D eigenvalue weighted by Gasteiger charge is -2.04. The van der Waals surface area contributed by atoms with Gasteiger partial charge in [0.15, 0.2) is 0 Å². The van der Waals surface area contributed by atoms with Crippen LogP contribution < -0.4 is 5.32 Å². The summed E-state index contributed by atoms with van der Waals surface area (Å²) in [5, 5.41) is 20.3. The van der Waals surface area contributed by atoms with Crippen LogP contribution in [-0.4, -0.2) is 23.2 Å². The van der Waals surface area contributed by atoms with Crippen LogP contribution in [0.2, 0.25) is 0 Å². The van der Waals surface area contributed by atoms with Gasteiger partial charge in [-0.15, -0.1) is 0 Å². The highest BCUT2D eigenvalue weighted by atomic mass is 16.2. The molecule has 4 nitrogen and oxygen atoms in total. The van der Waals surface area contributed by atoms with Crippen LogP contribution in [-0.2, 0) is 0 Å². The van der Waals surface area contributed by atoms with Crippen molar-refractivity contribution in [2.45, 2.75) is 19.3 Å². The maximum absolute atomic E-state index is 8.58. The summed E-state index contributed by atoms with van der Waals surface area (Å²) in [6, 6.07) is 5.56. The second-order valence-corrected chi connectivity index (χ2v) is 3.25. The molecule has 0 saturated carbocycles. The molecule has 0 aliphatic rings. The summed E-state index contributed by atoms with van der Waals surface area (Å²) in [6.07, 6.45) is 4.43. The van der Waals surface area contributed by atoms with Crippen molar-refractivity contribution in [1.29, 1.82) is 5.26 Å². The van der Waals surface area contributed by atoms with E-state index in [1.54, 1.807) is 18.3 Å². The fraction of sp³-hybridized carbons (Fsp3) is 0.455. The average molecular weight is 205 g/mol. The third kappa shape index (κ3) is 4.43. The molecule has 1 aromatic heterocycles. The number of unbranched alkanes of at least 4 members (excludes halogenated alkanes) is 2. The van der Waals surface area contributed by atoms with Crippen LogP contribution in [0, 0.1) is 11.3 Å². The summed E-state index contributed by atoms with van der Waals surface area (Å²) in [7, 11) is 0. The van der Waals surface area contributed by atoms with Gasteiger partial charge >= 0.3 is 0 Å². The number of hydrogen-bond donors (Lipinski definition) is 2. The standard InChI is InChI=1S/C11H15N3O/c12-8-10-4-5-11(14-9-10)13-6-2-1-3-7-15/h4-5,9,15H,1-3,6-7H2,(H,13,14). The van der Waals surface area contributed by atoms with Crippen molar-refractivity contribution in [2.24, 2.45) is 0 Å². The van der Waals surface area contributed by atoms with Crippen molar-refractivity contribution in [2.75, 3.05) is 18.5 Å². The van der Waals surface area contributed by atoms with Gasteiger partial charge in [-0.1, -0.05) is 0 Å². The molecule has 0 unspecified atom stereocenters. The van der Waals surface area contributed by atoms with Gasteiger partial charge < -0.3 is 10.4 Å². The molecule has 0 saturated heterocycles. The van der Waals surface area contributed by atoms with Gasteiger partial charge in [-0.25, -0.2) is 4.98 Å². The highest BCUT2D eigenvalue weighted by molar-refractivity contribution is 5.38. The highest BCUT2D eigenvalue weighted by Gasteiger charge is 1.94. The Morgan fingerprint density at radius 1 is 1.33 bits per heavy atom. The van der Waals surface area contributed by atoms with Crippen LogP contribution in [0.1, 0.15) is 24.8 Å². The number of nitriles is 1. The second-order valence-electron chi connectivity index (χ2n) is 3.25. The predicted molar refractivity (Wildman–Crippen MR) is 58.4 cm³/mol. The first-order valence-electron chi connectivity index (χ1n) is 5.07. The van der Waals surface area contributed by atoms with E-state index in [0.717, 1.165) is 31.6 Å². The van der Waals surface area contributed by atoms with E-state index in [2.05, 4.69) is 10.3 Å². The molecule has 1 aromatic rings. The van der Waals surface area contributed by atoms with Crippen LogP contribution >= 0.6 is 0 Å². The van der Waals surface area contributed by atoms with Crippen molar-refractivity contribution < 1.29 is 5.11 Å². The van der Waals surface area contributed by atoms with Gasteiger partial charge in [0.1, 0.15) is 11.9 Å². The Kier molecular flexibility index (Phi) is 5.20. The zero-order chi connectivity index (χ0) is 10.9. The number of anilines is 1. The summed E-state index contributed by atoms with van der Waals surface area (Å²) in [5.41, 5.74) is 0.570. The maximum atomic E-state index is 8.58. The van der Waals surface area contributed by atoms with E-state index in [1.807, 2.05) is 6.07 Å². The first kappa shape index (κ1) is 11.5. The van der Waals surface area contributed by atoms with Crippen LogP contribution in [0.5, 0.6) is 0 Å². The molecule has 0 amide bonds. The number of nitrogens with one attached hydrogen (secondary N) is 1. The molecule has 2 N–H and O–H groups in total. The number of aliphatic hydroxyl groups is 1. The molecule has 1 rings (SSSR count). The number of rotatable bonds is 6. The largest absolute Gasteiger partial charge is 0.396 e. The van der Waals surface area contributed by atoms with E-state index >= 15 is 0 Å². The first-order valence-corrected chi connectivity index (χ1v) is 5.07. The van der Waals surface area contributed by atoms with Gasteiger partial charge in [-0.2, -0.15) is 5.26 Å². The quantitative estimate of drug-likeness (QED) is 0.691. The van der Waals surface area contributed by atoms with Gasteiger partial charge in [0.2, 0.25) is 0 Å². The molecule has 80 valence electrons. The average Bonchev–Trinajstić information content (AvgIpc) is 2.30. The second kappa shape index (κ2) is 6.80. The number of aromatic nitrogens is 1. The van der Waals surface area contributed by atoms with Crippen molar-refractivity contribution in [3.63, 3.8) is 0 Å². The molecule has 0 aliphatic carbocycles. The molecule has 4 heteroatoms. The molecule has 0 fully saturated rings. The van der Waals surface area contributed by atoms with Crippen LogP contribution in [0.4, 0.5) is 5.82 Å². The van der Waals surface area contributed by atoms with Crippen molar-refractivity contribution in [3.05, 3.63) is 23.9 Å². The van der Waals surface area contributed by atoms with Gasteiger partial charge in [0.05, 0.1) is 5.56 Å². The van der Waals surface area contributed by atoms with Gasteiger partial charge in [-0.3, -0.25) is 0 Å². The number of nitrogens with zero attached hydrogens (tertiary/aromatic N) is 2. The smallest absolute Gasteiger partial charge is 0.125 e. The molecular formula is C11H15N3O. The minimum absolute atomic E-state index is 0.259. The molecule has 0 aromatic carbocycles. The van der Waals surface area contributed by atoms with Crippen molar-refractivity contribution in [1.82, 2.24) is 4.98 Å². The molecule has 0 spiro atoms. The number of pyridine rings is 1. The Balaban J connectivity index is 2.23. The maximum Gasteiger partial charge on any atom is 0.125 e. The zero-order valence-electron chi connectivity index (χ0n) is 8.61. The predicted octanol–water partition coefficient (Wildman–Crippen LogP) is 1.53. The number of aliphatic hydroxyl groups excluding tert-OH is 1. The summed E-state index contributed by atoms with van der Waals surface area (Å²) < 4.78 is 0. The fourth-order valence-corrected chi connectivity index (χ4v) is 1.19. The van der Waals surface area contributed by atoms with Crippen molar-refractivity contribution in [3.8, 4) is 6.07 Å². The molecule has 15 heavy (non-hydrogen) atoms. The summed E-state index contributed by atoms with van der Waals surface area (Å²) in [4.78, 5) is 4.08. The summed E-state index contributed by atoms with van der Waals surface area (Å²) in [5.74, 6) is 0.790. The summed E-state index contributed by atoms with van der Waals surface area (Å²) >= 11 is 0. The molecular weight excluding hydrogens is 190 g/mol. The topological polar surface area (TPSA) is 68.9 Å². The molecule has 0 aliphatic heterocycles. The van der Waals surface area contributed by atoms with Crippen LogP contribution in [0.3, 0.4) is 0 Å². The monoisotopic (exact) mass is 205 g/mol. The lowest BCUT2D eigenvalue weighted by atomic mass is 10.2. The lowest BCUT2D eigenvalue weighted by Crippen LogP contribution is -2.03. The molecule has 0 bridgehead atoms. The minimum atomic E-state index is 0.259. The Bertz CT molecular complexity index is 316. The molecule has 0 radical (unpaired) electrons. The van der Waals surface area contributed by atoms with E-state index < -0.39 is 0 Å².